The number of hydrogen-bond acceptors (Lipinski definition) is 1. The van der Waals surface area contributed by atoms with Gasteiger partial charge in [-0.2, -0.15) is 0 Å². The van der Waals surface area contributed by atoms with Gasteiger partial charge in [0.2, 0.25) is 0 Å². The van der Waals surface area contributed by atoms with E-state index in [-0.39, 0.29) is 0 Å². The van der Waals surface area contributed by atoms with Gasteiger partial charge in [-0.1, -0.05) is 38.1 Å². The van der Waals surface area contributed by atoms with Crippen molar-refractivity contribution in [3.05, 3.63) is 42.5 Å². The third-order valence-electron chi connectivity index (χ3n) is 8.07. The molecule has 3 aliphatic rings. The Morgan fingerprint density at radius 2 is 1.41 bits per heavy atom. The van der Waals surface area contributed by atoms with E-state index in [1.807, 2.05) is 0 Å². The molecule has 0 saturated heterocycles. The van der Waals surface area contributed by atoms with Gasteiger partial charge in [-0.15, -0.1) is 0 Å². The van der Waals surface area contributed by atoms with E-state index >= 15 is 0 Å². The highest BCUT2D eigenvalue weighted by Crippen LogP contribution is 2.49. The molecule has 0 radical (unpaired) electrons. The molecule has 0 bridgehead atoms. The smallest absolute Gasteiger partial charge is 0.119 e. The van der Waals surface area contributed by atoms with Crippen LogP contribution in [-0.4, -0.2) is 6.61 Å². The van der Waals surface area contributed by atoms with Crippen LogP contribution in [0.2, 0.25) is 0 Å². The molecule has 0 amide bonds. The van der Waals surface area contributed by atoms with Gasteiger partial charge in [0.25, 0.3) is 0 Å². The Labute approximate surface area is 166 Å². The maximum Gasteiger partial charge on any atom is 0.119 e. The monoisotopic (exact) mass is 366 g/mol. The Hall–Kier alpha value is -1.24. The lowest BCUT2D eigenvalue weighted by molar-refractivity contribution is 0.0672. The summed E-state index contributed by atoms with van der Waals surface area (Å²) in [7, 11) is 0. The van der Waals surface area contributed by atoms with Crippen molar-refractivity contribution in [1.29, 1.82) is 0 Å². The molecule has 0 heterocycles. The van der Waals surface area contributed by atoms with Crippen molar-refractivity contribution in [3.8, 4) is 5.75 Å². The molecule has 3 saturated carbocycles. The van der Waals surface area contributed by atoms with Crippen LogP contribution in [0.1, 0.15) is 82.6 Å². The van der Waals surface area contributed by atoms with Crippen LogP contribution in [0, 0.1) is 29.6 Å². The lowest BCUT2D eigenvalue weighted by Crippen LogP contribution is -2.34. The summed E-state index contributed by atoms with van der Waals surface area (Å²) in [6.45, 7) is 6.78. The molecular formula is C26H38O. The fourth-order valence-electron chi connectivity index (χ4n) is 6.50. The predicted octanol–water partition coefficient (Wildman–Crippen LogP) is 7.38. The molecule has 0 aliphatic heterocycles. The van der Waals surface area contributed by atoms with Crippen molar-refractivity contribution in [1.82, 2.24) is 0 Å². The Balaban J connectivity index is 1.27. The SMILES string of the molecule is C=CCOc1ccc(C2CCC(C3CCC4CC(C)CCC4C3)CC2)cc1. The zero-order valence-corrected chi connectivity index (χ0v) is 17.2. The quantitative estimate of drug-likeness (QED) is 0.494. The Morgan fingerprint density at radius 1 is 0.815 bits per heavy atom. The summed E-state index contributed by atoms with van der Waals surface area (Å²) in [4.78, 5) is 0. The number of benzene rings is 1. The molecule has 1 heteroatoms. The largest absolute Gasteiger partial charge is 0.490 e. The molecule has 4 atom stereocenters. The summed E-state index contributed by atoms with van der Waals surface area (Å²) in [5, 5.41) is 0. The zero-order valence-electron chi connectivity index (χ0n) is 17.2. The van der Waals surface area contributed by atoms with Crippen molar-refractivity contribution in [3.63, 3.8) is 0 Å². The molecule has 0 N–H and O–H groups in total. The van der Waals surface area contributed by atoms with Crippen LogP contribution < -0.4 is 4.74 Å². The molecule has 0 aromatic heterocycles. The molecule has 0 spiro atoms. The van der Waals surface area contributed by atoms with Gasteiger partial charge in [-0.25, -0.2) is 0 Å². The van der Waals surface area contributed by atoms with Gasteiger partial charge < -0.3 is 4.74 Å². The molecule has 148 valence electrons. The van der Waals surface area contributed by atoms with Crippen molar-refractivity contribution < 1.29 is 4.74 Å². The predicted molar refractivity (Wildman–Crippen MR) is 114 cm³/mol. The molecule has 1 aromatic rings. The maximum atomic E-state index is 5.63. The average molecular weight is 367 g/mol. The third kappa shape index (κ3) is 4.61. The fraction of sp³-hybridized carbons (Fsp3) is 0.692. The van der Waals surface area contributed by atoms with Gasteiger partial charge in [0.1, 0.15) is 12.4 Å². The van der Waals surface area contributed by atoms with Crippen LogP contribution in [0.25, 0.3) is 0 Å². The van der Waals surface area contributed by atoms with Crippen LogP contribution in [0.3, 0.4) is 0 Å². The molecule has 1 nitrogen and oxygen atoms in total. The van der Waals surface area contributed by atoms with E-state index < -0.39 is 0 Å². The number of hydrogen-bond donors (Lipinski definition) is 0. The zero-order chi connectivity index (χ0) is 18.6. The van der Waals surface area contributed by atoms with Crippen LogP contribution >= 0.6 is 0 Å². The summed E-state index contributed by atoms with van der Waals surface area (Å²) < 4.78 is 5.63. The van der Waals surface area contributed by atoms with Gasteiger partial charge in [0, 0.05) is 0 Å². The summed E-state index contributed by atoms with van der Waals surface area (Å²) in [5.41, 5.74) is 1.52. The number of rotatable bonds is 5. The first kappa shape index (κ1) is 19.1. The van der Waals surface area contributed by atoms with Gasteiger partial charge in [-0.3, -0.25) is 0 Å². The molecule has 3 aliphatic carbocycles. The lowest BCUT2D eigenvalue weighted by atomic mass is 9.61. The van der Waals surface area contributed by atoms with Crippen molar-refractivity contribution in [2.24, 2.45) is 29.6 Å². The second-order valence-corrected chi connectivity index (χ2v) is 9.79. The van der Waals surface area contributed by atoms with Crippen molar-refractivity contribution >= 4 is 0 Å². The minimum Gasteiger partial charge on any atom is -0.490 e. The summed E-state index contributed by atoms with van der Waals surface area (Å²) in [6, 6.07) is 8.85. The summed E-state index contributed by atoms with van der Waals surface area (Å²) >= 11 is 0. The molecule has 3 fully saturated rings. The molecular weight excluding hydrogens is 328 g/mol. The van der Waals surface area contributed by atoms with Gasteiger partial charge >= 0.3 is 0 Å². The summed E-state index contributed by atoms with van der Waals surface area (Å²) in [5.74, 6) is 6.91. The van der Waals surface area contributed by atoms with E-state index in [0.717, 1.165) is 41.3 Å². The van der Waals surface area contributed by atoms with Gasteiger partial charge in [-0.05, 0) is 111 Å². The Kier molecular flexibility index (Phi) is 6.25. The minimum absolute atomic E-state index is 0.590. The van der Waals surface area contributed by atoms with E-state index in [0.29, 0.717) is 6.61 Å². The highest BCUT2D eigenvalue weighted by atomic mass is 16.5. The molecule has 27 heavy (non-hydrogen) atoms. The second kappa shape index (κ2) is 8.84. The van der Waals surface area contributed by atoms with E-state index in [9.17, 15) is 0 Å². The molecule has 4 unspecified atom stereocenters. The fourth-order valence-corrected chi connectivity index (χ4v) is 6.50. The number of ether oxygens (including phenoxy) is 1. The van der Waals surface area contributed by atoms with Gasteiger partial charge in [0.05, 0.1) is 0 Å². The van der Waals surface area contributed by atoms with Crippen LogP contribution in [-0.2, 0) is 0 Å². The van der Waals surface area contributed by atoms with Crippen LogP contribution in [0.15, 0.2) is 36.9 Å². The first-order valence-electron chi connectivity index (χ1n) is 11.6. The maximum absolute atomic E-state index is 5.63. The normalized spacial score (nSPS) is 36.6. The van der Waals surface area contributed by atoms with E-state index in [2.05, 4.69) is 37.8 Å². The third-order valence-corrected chi connectivity index (χ3v) is 8.07. The lowest BCUT2D eigenvalue weighted by Gasteiger charge is -2.45. The molecule has 4 rings (SSSR count). The second-order valence-electron chi connectivity index (χ2n) is 9.79. The van der Waals surface area contributed by atoms with Gasteiger partial charge in [0.15, 0.2) is 0 Å². The van der Waals surface area contributed by atoms with E-state index in [4.69, 9.17) is 4.74 Å². The summed E-state index contributed by atoms with van der Waals surface area (Å²) in [6.07, 6.45) is 16.7. The molecule has 1 aromatic carbocycles. The van der Waals surface area contributed by atoms with Crippen molar-refractivity contribution in [2.75, 3.05) is 6.61 Å². The van der Waals surface area contributed by atoms with Crippen LogP contribution in [0.4, 0.5) is 0 Å². The minimum atomic E-state index is 0.590. The first-order chi connectivity index (χ1) is 13.2. The van der Waals surface area contributed by atoms with E-state index in [1.54, 1.807) is 12.5 Å². The Bertz CT molecular complexity index is 595. The topological polar surface area (TPSA) is 9.23 Å². The Morgan fingerprint density at radius 3 is 2.11 bits per heavy atom. The van der Waals surface area contributed by atoms with Crippen molar-refractivity contribution in [2.45, 2.75) is 77.0 Å². The average Bonchev–Trinajstić information content (AvgIpc) is 2.72. The highest BCUT2D eigenvalue weighted by Gasteiger charge is 2.38. The number of fused-ring (bicyclic) bond motifs is 1. The van der Waals surface area contributed by atoms with E-state index in [1.165, 1.54) is 63.4 Å². The highest BCUT2D eigenvalue weighted by molar-refractivity contribution is 5.29. The standard InChI is InChI=1S/C26H38O/c1-3-16-27-26-14-12-21(13-15-26)20-6-8-22(9-7-20)24-11-10-23-17-19(2)4-5-25(23)18-24/h3,12-15,19-20,22-25H,1,4-11,16-18H2,2H3. The van der Waals surface area contributed by atoms with Crippen LogP contribution in [0.5, 0.6) is 5.75 Å². The first-order valence-corrected chi connectivity index (χ1v) is 11.6.